The second kappa shape index (κ2) is 9.90. The smallest absolute Gasteiger partial charge is 0.215 e. The summed E-state index contributed by atoms with van der Waals surface area (Å²) in [4.78, 5) is 8.58. The van der Waals surface area contributed by atoms with Crippen molar-refractivity contribution in [1.29, 1.82) is 0 Å². The van der Waals surface area contributed by atoms with Crippen LogP contribution in [0.1, 0.15) is 11.1 Å². The summed E-state index contributed by atoms with van der Waals surface area (Å²) in [6.07, 6.45) is 0. The second-order valence-corrected chi connectivity index (χ2v) is 9.03. The molecule has 2 N–H and O–H groups in total. The van der Waals surface area contributed by atoms with Crippen molar-refractivity contribution in [2.24, 2.45) is 4.99 Å². The highest BCUT2D eigenvalue weighted by Gasteiger charge is 2.21. The summed E-state index contributed by atoms with van der Waals surface area (Å²) in [7, 11) is -0.116. The number of benzene rings is 2. The van der Waals surface area contributed by atoms with E-state index in [9.17, 15) is 12.8 Å². The summed E-state index contributed by atoms with van der Waals surface area (Å²) >= 11 is 0. The van der Waals surface area contributed by atoms with Gasteiger partial charge in [0.1, 0.15) is 5.82 Å². The van der Waals surface area contributed by atoms with Crippen molar-refractivity contribution in [1.82, 2.24) is 14.9 Å². The van der Waals surface area contributed by atoms with Crippen LogP contribution in [0.5, 0.6) is 0 Å². The zero-order valence-electron chi connectivity index (χ0n) is 17.3. The molecule has 0 bridgehead atoms. The molecule has 1 fully saturated rings. The van der Waals surface area contributed by atoms with E-state index in [1.54, 1.807) is 13.1 Å². The minimum Gasteiger partial charge on any atom is -0.366 e. The summed E-state index contributed by atoms with van der Waals surface area (Å²) in [5, 5.41) is 3.35. The highest BCUT2D eigenvalue weighted by atomic mass is 32.2. The van der Waals surface area contributed by atoms with Gasteiger partial charge in [0.15, 0.2) is 5.96 Å². The van der Waals surface area contributed by atoms with Crippen molar-refractivity contribution in [3.8, 4) is 0 Å². The van der Waals surface area contributed by atoms with Crippen molar-refractivity contribution in [2.45, 2.75) is 12.3 Å². The standard InChI is InChI=1S/C21H28FN5O2S/c1-23-21(25-15-17-7-9-18(10-8-17)16-30(28,29)24-2)27-13-11-26(12-14-27)20-6-4-3-5-19(20)22/h3-10,24H,11-16H2,1-2H3,(H,23,25). The number of piperazine rings is 1. The van der Waals surface area contributed by atoms with Crippen molar-refractivity contribution in [3.05, 3.63) is 65.5 Å². The van der Waals surface area contributed by atoms with E-state index >= 15 is 0 Å². The molecule has 0 aliphatic carbocycles. The molecular formula is C21H28FN5O2S. The van der Waals surface area contributed by atoms with E-state index in [2.05, 4.69) is 24.8 Å². The molecule has 3 rings (SSSR count). The molecule has 1 heterocycles. The number of hydrogen-bond acceptors (Lipinski definition) is 4. The van der Waals surface area contributed by atoms with Crippen LogP contribution in [0.15, 0.2) is 53.5 Å². The van der Waals surface area contributed by atoms with Gasteiger partial charge in [-0.15, -0.1) is 0 Å². The number of halogens is 1. The van der Waals surface area contributed by atoms with Gasteiger partial charge in [-0.1, -0.05) is 36.4 Å². The Balaban J connectivity index is 1.52. The largest absolute Gasteiger partial charge is 0.366 e. The van der Waals surface area contributed by atoms with Gasteiger partial charge in [-0.25, -0.2) is 17.5 Å². The number of guanidine groups is 1. The minimum atomic E-state index is -3.28. The van der Waals surface area contributed by atoms with Gasteiger partial charge in [0, 0.05) is 39.8 Å². The van der Waals surface area contributed by atoms with E-state index in [1.165, 1.54) is 13.1 Å². The zero-order valence-corrected chi connectivity index (χ0v) is 18.1. The Morgan fingerprint density at radius 1 is 1.03 bits per heavy atom. The van der Waals surface area contributed by atoms with Crippen LogP contribution in [-0.4, -0.2) is 59.6 Å². The third-order valence-corrected chi connectivity index (χ3v) is 6.46. The summed E-state index contributed by atoms with van der Waals surface area (Å²) in [5.41, 5.74) is 2.41. The fourth-order valence-electron chi connectivity index (χ4n) is 3.43. The predicted molar refractivity (Wildman–Crippen MR) is 119 cm³/mol. The third-order valence-electron chi connectivity index (χ3n) is 5.13. The molecule has 0 unspecified atom stereocenters. The molecule has 0 saturated carbocycles. The van der Waals surface area contributed by atoms with Crippen molar-refractivity contribution in [3.63, 3.8) is 0 Å². The first-order valence-electron chi connectivity index (χ1n) is 9.86. The fraction of sp³-hybridized carbons (Fsp3) is 0.381. The minimum absolute atomic E-state index is 0.0365. The molecule has 162 valence electrons. The van der Waals surface area contributed by atoms with Crippen LogP contribution >= 0.6 is 0 Å². The van der Waals surface area contributed by atoms with Gasteiger partial charge in [0.05, 0.1) is 11.4 Å². The van der Waals surface area contributed by atoms with Crippen LogP contribution < -0.4 is 14.9 Å². The molecule has 1 aliphatic heterocycles. The first kappa shape index (κ1) is 22.0. The number of rotatable bonds is 6. The molecule has 2 aromatic rings. The number of anilines is 1. The SMILES string of the molecule is CN=C(NCc1ccc(CS(=O)(=O)NC)cc1)N1CCN(c2ccccc2F)CC1. The highest BCUT2D eigenvalue weighted by Crippen LogP contribution is 2.20. The predicted octanol–water partition coefficient (Wildman–Crippen LogP) is 1.77. The zero-order chi connectivity index (χ0) is 21.6. The van der Waals surface area contributed by atoms with Gasteiger partial charge < -0.3 is 15.1 Å². The van der Waals surface area contributed by atoms with E-state index in [-0.39, 0.29) is 11.6 Å². The fourth-order valence-corrected chi connectivity index (χ4v) is 4.20. The molecule has 1 aliphatic rings. The second-order valence-electron chi connectivity index (χ2n) is 7.11. The summed E-state index contributed by atoms with van der Waals surface area (Å²) in [6, 6.07) is 14.3. The number of sulfonamides is 1. The Morgan fingerprint density at radius 3 is 2.27 bits per heavy atom. The van der Waals surface area contributed by atoms with Crippen LogP contribution in [0.25, 0.3) is 0 Å². The molecule has 7 nitrogen and oxygen atoms in total. The molecule has 1 saturated heterocycles. The van der Waals surface area contributed by atoms with E-state index < -0.39 is 10.0 Å². The number of aliphatic imine (C=N–C) groups is 1. The number of nitrogens with one attached hydrogen (secondary N) is 2. The van der Waals surface area contributed by atoms with Crippen molar-refractivity contribution >= 4 is 21.7 Å². The van der Waals surface area contributed by atoms with Crippen LogP contribution in [0.4, 0.5) is 10.1 Å². The molecular weight excluding hydrogens is 405 g/mol. The molecule has 0 amide bonds. The first-order chi connectivity index (χ1) is 14.4. The Hall–Kier alpha value is -2.65. The normalized spacial score (nSPS) is 15.4. The lowest BCUT2D eigenvalue weighted by Crippen LogP contribution is -2.52. The maximum atomic E-state index is 14.0. The average Bonchev–Trinajstić information content (AvgIpc) is 2.76. The lowest BCUT2D eigenvalue weighted by molar-refractivity contribution is 0.370. The van der Waals surface area contributed by atoms with E-state index in [0.29, 0.717) is 12.2 Å². The Kier molecular flexibility index (Phi) is 7.28. The number of para-hydroxylation sites is 1. The van der Waals surface area contributed by atoms with Crippen LogP contribution in [0.3, 0.4) is 0 Å². The van der Waals surface area contributed by atoms with Crippen molar-refractivity contribution < 1.29 is 12.8 Å². The molecule has 0 atom stereocenters. The third kappa shape index (κ3) is 5.70. The van der Waals surface area contributed by atoms with Gasteiger partial charge in [-0.3, -0.25) is 4.99 Å². The van der Waals surface area contributed by atoms with Gasteiger partial charge in [-0.2, -0.15) is 0 Å². The molecule has 0 spiro atoms. The van der Waals surface area contributed by atoms with Gasteiger partial charge >= 0.3 is 0 Å². The maximum absolute atomic E-state index is 14.0. The average molecular weight is 434 g/mol. The van der Waals surface area contributed by atoms with Crippen molar-refractivity contribution in [2.75, 3.05) is 45.2 Å². The van der Waals surface area contributed by atoms with E-state index in [1.807, 2.05) is 36.4 Å². The Labute approximate surface area is 177 Å². The van der Waals surface area contributed by atoms with Gasteiger partial charge in [-0.05, 0) is 30.3 Å². The molecule has 0 aromatic heterocycles. The van der Waals surface area contributed by atoms with Crippen LogP contribution in [-0.2, 0) is 22.3 Å². The molecule has 0 radical (unpaired) electrons. The van der Waals surface area contributed by atoms with Gasteiger partial charge in [0.25, 0.3) is 0 Å². The quantitative estimate of drug-likeness (QED) is 0.536. The number of nitrogens with zero attached hydrogens (tertiary/aromatic N) is 3. The van der Waals surface area contributed by atoms with Crippen LogP contribution in [0, 0.1) is 5.82 Å². The molecule has 2 aromatic carbocycles. The van der Waals surface area contributed by atoms with Crippen LogP contribution in [0.2, 0.25) is 0 Å². The Bertz CT molecular complexity index is 971. The summed E-state index contributed by atoms with van der Waals surface area (Å²) in [6.45, 7) is 3.51. The summed E-state index contributed by atoms with van der Waals surface area (Å²) in [5.74, 6) is 0.565. The lowest BCUT2D eigenvalue weighted by Gasteiger charge is -2.37. The topological polar surface area (TPSA) is 77.0 Å². The molecule has 30 heavy (non-hydrogen) atoms. The van der Waals surface area contributed by atoms with E-state index in [4.69, 9.17) is 0 Å². The maximum Gasteiger partial charge on any atom is 0.215 e. The van der Waals surface area contributed by atoms with E-state index in [0.717, 1.165) is 43.3 Å². The Morgan fingerprint density at radius 2 is 1.67 bits per heavy atom. The highest BCUT2D eigenvalue weighted by molar-refractivity contribution is 7.88. The lowest BCUT2D eigenvalue weighted by atomic mass is 10.1. The monoisotopic (exact) mass is 433 g/mol. The first-order valence-corrected chi connectivity index (χ1v) is 11.5. The van der Waals surface area contributed by atoms with Gasteiger partial charge in [0.2, 0.25) is 10.0 Å². The summed E-state index contributed by atoms with van der Waals surface area (Å²) < 4.78 is 39.6. The molecule has 9 heteroatoms. The number of hydrogen-bond donors (Lipinski definition) is 2.